The van der Waals surface area contributed by atoms with Gasteiger partial charge >= 0.3 is 5.56 Å². The highest BCUT2D eigenvalue weighted by atomic mass is 16.2. The molecule has 0 spiro atoms. The molecule has 3 aliphatic rings. The minimum absolute atomic E-state index is 0.182. The minimum Gasteiger partial charge on any atom is -0.377 e. The zero-order valence-electron chi connectivity index (χ0n) is 17.6. The third-order valence-electron chi connectivity index (χ3n) is 7.28. The second-order valence-corrected chi connectivity index (χ2v) is 9.25. The van der Waals surface area contributed by atoms with Crippen LogP contribution >= 0.6 is 0 Å². The zero-order valence-corrected chi connectivity index (χ0v) is 17.6. The largest absolute Gasteiger partial charge is 0.377 e. The summed E-state index contributed by atoms with van der Waals surface area (Å²) < 4.78 is 1.04. The first-order valence-electron chi connectivity index (χ1n) is 10.5. The first-order chi connectivity index (χ1) is 14.3. The van der Waals surface area contributed by atoms with Gasteiger partial charge in [-0.3, -0.25) is 19.4 Å². The Labute approximate surface area is 175 Å². The van der Waals surface area contributed by atoms with E-state index in [1.807, 2.05) is 0 Å². The number of carbonyl (C=O) groups excluding carboxylic acids is 1. The van der Waals surface area contributed by atoms with Gasteiger partial charge in [0, 0.05) is 31.2 Å². The smallest absolute Gasteiger partial charge is 0.315 e. The predicted octanol–water partition coefficient (Wildman–Crippen LogP) is 1.73. The second-order valence-electron chi connectivity index (χ2n) is 9.25. The summed E-state index contributed by atoms with van der Waals surface area (Å²) in [5.74, 6) is 1.37. The minimum atomic E-state index is -0.729. The maximum Gasteiger partial charge on any atom is 0.315 e. The van der Waals surface area contributed by atoms with Crippen molar-refractivity contribution in [2.75, 3.05) is 5.32 Å². The monoisotopic (exact) mass is 411 g/mol. The Hall–Kier alpha value is -2.90. The summed E-state index contributed by atoms with van der Waals surface area (Å²) in [6.07, 6.45) is 7.04. The summed E-state index contributed by atoms with van der Waals surface area (Å²) in [6.45, 7) is 6.97. The van der Waals surface area contributed by atoms with E-state index in [0.29, 0.717) is 29.7 Å². The summed E-state index contributed by atoms with van der Waals surface area (Å²) in [5.41, 5.74) is 0.206. The Morgan fingerprint density at radius 3 is 2.67 bits per heavy atom. The molecule has 8 heteroatoms. The van der Waals surface area contributed by atoms with Crippen LogP contribution in [0.15, 0.2) is 40.3 Å². The lowest BCUT2D eigenvalue weighted by atomic mass is 9.45. The van der Waals surface area contributed by atoms with Crippen molar-refractivity contribution in [3.63, 3.8) is 0 Å². The number of pyridine rings is 1. The van der Waals surface area contributed by atoms with Gasteiger partial charge in [0.1, 0.15) is 12.2 Å². The number of nitrogens with zero attached hydrogens (tertiary/aromatic N) is 2. The number of hydrogen-bond donors (Lipinski definition) is 3. The molecule has 1 amide bonds. The first kappa shape index (κ1) is 20.4. The molecule has 4 atom stereocenters. The van der Waals surface area contributed by atoms with Gasteiger partial charge in [-0.25, -0.2) is 4.68 Å². The SMILES string of the molecule is C[C@@H]1[C@H]2C[C@@H](C[C@H]1Nc1c[nH]n(CC(=O)NCc3ccncc3)c(=O)c1=O)C2(C)C. The number of carbonyl (C=O) groups is 1. The van der Waals surface area contributed by atoms with Gasteiger partial charge in [-0.2, -0.15) is 0 Å². The van der Waals surface area contributed by atoms with E-state index < -0.39 is 11.0 Å². The Bertz CT molecular complexity index is 1040. The summed E-state index contributed by atoms with van der Waals surface area (Å²) in [7, 11) is 0. The normalized spacial score (nSPS) is 26.5. The molecule has 30 heavy (non-hydrogen) atoms. The topological polar surface area (TPSA) is 109 Å². The summed E-state index contributed by atoms with van der Waals surface area (Å²) >= 11 is 0. The van der Waals surface area contributed by atoms with Crippen LogP contribution in [0.25, 0.3) is 0 Å². The van der Waals surface area contributed by atoms with Gasteiger partial charge in [0.05, 0.1) is 0 Å². The van der Waals surface area contributed by atoms with Crippen LogP contribution in [-0.4, -0.2) is 26.7 Å². The fraction of sp³-hybridized carbons (Fsp3) is 0.545. The molecule has 2 aromatic rings. The highest BCUT2D eigenvalue weighted by molar-refractivity contribution is 5.75. The van der Waals surface area contributed by atoms with E-state index in [9.17, 15) is 14.4 Å². The standard InChI is InChI=1S/C22H29N5O3/c1-13-16-8-15(22(16,2)3)9-17(13)26-18-11-25-27(21(30)20(18)29)12-19(28)24-10-14-4-6-23-7-5-14/h4-7,11,13,15-17,25-26H,8-10,12H2,1-3H3,(H,24,28)/t13-,15+,16-,17-/m1/s1. The van der Waals surface area contributed by atoms with E-state index >= 15 is 0 Å². The highest BCUT2D eigenvalue weighted by Crippen LogP contribution is 2.61. The van der Waals surface area contributed by atoms with Crippen LogP contribution in [0, 0.1) is 23.2 Å². The fourth-order valence-corrected chi connectivity index (χ4v) is 5.17. The second kappa shape index (κ2) is 7.74. The summed E-state index contributed by atoms with van der Waals surface area (Å²) in [6, 6.07) is 3.78. The molecule has 0 unspecified atom stereocenters. The summed E-state index contributed by atoms with van der Waals surface area (Å²) in [5, 5.41) is 8.82. The molecule has 3 fully saturated rings. The van der Waals surface area contributed by atoms with Gasteiger partial charge in [-0.05, 0) is 53.7 Å². The number of nitrogens with one attached hydrogen (secondary N) is 3. The van der Waals surface area contributed by atoms with Crippen molar-refractivity contribution in [2.24, 2.45) is 23.2 Å². The van der Waals surface area contributed by atoms with E-state index in [1.54, 1.807) is 24.5 Å². The predicted molar refractivity (Wildman–Crippen MR) is 114 cm³/mol. The Morgan fingerprint density at radius 1 is 1.27 bits per heavy atom. The van der Waals surface area contributed by atoms with Crippen LogP contribution in [-0.2, 0) is 17.9 Å². The van der Waals surface area contributed by atoms with Crippen LogP contribution in [0.3, 0.4) is 0 Å². The maximum absolute atomic E-state index is 12.6. The molecule has 2 heterocycles. The van der Waals surface area contributed by atoms with E-state index in [-0.39, 0.29) is 24.2 Å². The number of aromatic amines is 1. The van der Waals surface area contributed by atoms with Crippen molar-refractivity contribution >= 4 is 11.6 Å². The Morgan fingerprint density at radius 2 is 2.00 bits per heavy atom. The molecule has 0 saturated heterocycles. The molecule has 8 nitrogen and oxygen atoms in total. The van der Waals surface area contributed by atoms with Gasteiger partial charge in [-0.15, -0.1) is 0 Å². The number of amides is 1. The third kappa shape index (κ3) is 3.66. The van der Waals surface area contributed by atoms with Crippen molar-refractivity contribution in [1.29, 1.82) is 0 Å². The molecule has 2 aromatic heterocycles. The molecule has 2 bridgehead atoms. The molecular formula is C22H29N5O3. The number of anilines is 1. The molecule has 0 radical (unpaired) electrons. The van der Waals surface area contributed by atoms with E-state index in [0.717, 1.165) is 16.7 Å². The van der Waals surface area contributed by atoms with Gasteiger partial charge in [0.15, 0.2) is 0 Å². The molecule has 3 aliphatic carbocycles. The van der Waals surface area contributed by atoms with Crippen LogP contribution in [0.5, 0.6) is 0 Å². The van der Waals surface area contributed by atoms with E-state index in [4.69, 9.17) is 0 Å². The number of hydrogen-bond acceptors (Lipinski definition) is 5. The third-order valence-corrected chi connectivity index (χ3v) is 7.28. The van der Waals surface area contributed by atoms with Crippen LogP contribution in [0.1, 0.15) is 39.2 Å². The molecule has 160 valence electrons. The molecule has 5 rings (SSSR count). The van der Waals surface area contributed by atoms with Gasteiger partial charge in [0.25, 0.3) is 5.43 Å². The lowest BCUT2D eigenvalue weighted by molar-refractivity contribution is -0.122. The average molecular weight is 412 g/mol. The van der Waals surface area contributed by atoms with Crippen LogP contribution in [0.2, 0.25) is 0 Å². The van der Waals surface area contributed by atoms with E-state index in [2.05, 4.69) is 41.5 Å². The molecule has 0 aliphatic heterocycles. The quantitative estimate of drug-likeness (QED) is 0.628. The molecular weight excluding hydrogens is 382 g/mol. The van der Waals surface area contributed by atoms with Crippen molar-refractivity contribution in [1.82, 2.24) is 20.1 Å². The van der Waals surface area contributed by atoms with Crippen LogP contribution < -0.4 is 21.6 Å². The number of fused-ring (bicyclic) bond motifs is 2. The lowest BCUT2D eigenvalue weighted by Crippen LogP contribution is -2.58. The number of rotatable bonds is 6. The molecule has 3 N–H and O–H groups in total. The zero-order chi connectivity index (χ0) is 21.5. The van der Waals surface area contributed by atoms with Gasteiger partial charge < -0.3 is 15.7 Å². The van der Waals surface area contributed by atoms with Crippen molar-refractivity contribution in [3.8, 4) is 0 Å². The van der Waals surface area contributed by atoms with Crippen molar-refractivity contribution in [2.45, 2.75) is 52.7 Å². The summed E-state index contributed by atoms with van der Waals surface area (Å²) in [4.78, 5) is 41.2. The van der Waals surface area contributed by atoms with Crippen molar-refractivity contribution < 1.29 is 4.79 Å². The molecule has 3 saturated carbocycles. The van der Waals surface area contributed by atoms with Gasteiger partial charge in [0.2, 0.25) is 5.91 Å². The number of aromatic nitrogens is 3. The van der Waals surface area contributed by atoms with E-state index in [1.165, 1.54) is 12.6 Å². The van der Waals surface area contributed by atoms with Crippen LogP contribution in [0.4, 0.5) is 5.69 Å². The van der Waals surface area contributed by atoms with Crippen molar-refractivity contribution in [3.05, 3.63) is 56.9 Å². The van der Waals surface area contributed by atoms with Gasteiger partial charge in [-0.1, -0.05) is 20.8 Å². The lowest BCUT2D eigenvalue weighted by Gasteiger charge is -2.62. The number of H-pyrrole nitrogens is 1. The maximum atomic E-state index is 12.6. The average Bonchev–Trinajstić information content (AvgIpc) is 2.73. The Balaban J connectivity index is 1.40. The first-order valence-corrected chi connectivity index (χ1v) is 10.5. The molecule has 0 aromatic carbocycles. The fourth-order valence-electron chi connectivity index (χ4n) is 5.17. The highest BCUT2D eigenvalue weighted by Gasteiger charge is 2.56. The Kier molecular flexibility index (Phi) is 5.26.